The summed E-state index contributed by atoms with van der Waals surface area (Å²) >= 11 is 0. The van der Waals surface area contributed by atoms with E-state index in [0.717, 1.165) is 37.8 Å². The van der Waals surface area contributed by atoms with Gasteiger partial charge in [0.2, 0.25) is 0 Å². The van der Waals surface area contributed by atoms with Crippen LogP contribution in [0.4, 0.5) is 21.0 Å². The van der Waals surface area contributed by atoms with Gasteiger partial charge in [-0.15, -0.1) is 0 Å². The molecular weight excluding hydrogens is 414 g/mol. The Kier molecular flexibility index (Phi) is 8.15. The Morgan fingerprint density at radius 3 is 2.44 bits per heavy atom. The molecule has 10 heteroatoms. The highest BCUT2D eigenvalue weighted by Crippen LogP contribution is 2.29. The van der Waals surface area contributed by atoms with Crippen LogP contribution >= 0.6 is 0 Å². The summed E-state index contributed by atoms with van der Waals surface area (Å²) in [5.41, 5.74) is 7.66. The summed E-state index contributed by atoms with van der Waals surface area (Å²) < 4.78 is 9.60. The van der Waals surface area contributed by atoms with Gasteiger partial charge in [-0.3, -0.25) is 10.1 Å². The van der Waals surface area contributed by atoms with Gasteiger partial charge >= 0.3 is 12.2 Å². The lowest BCUT2D eigenvalue weighted by molar-refractivity contribution is 0.0925. The number of methoxy groups -OCH3 is 2. The largest absolute Gasteiger partial charge is 0.453 e. The van der Waals surface area contributed by atoms with E-state index in [1.807, 2.05) is 6.07 Å². The number of hydrogen-bond acceptors (Lipinski definition) is 7. The van der Waals surface area contributed by atoms with E-state index >= 15 is 0 Å². The summed E-state index contributed by atoms with van der Waals surface area (Å²) in [4.78, 5) is 40.4. The Bertz CT molecular complexity index is 825. The van der Waals surface area contributed by atoms with E-state index in [4.69, 9.17) is 15.2 Å². The SMILES string of the molecule is COC(=O)Nc1cc(C(=O)NC2CCC(N)CC2)ccc1N1CCCN(C(=O)OC)CC1. The summed E-state index contributed by atoms with van der Waals surface area (Å²) in [6.07, 6.45) is 3.31. The molecule has 3 amide bonds. The summed E-state index contributed by atoms with van der Waals surface area (Å²) in [5, 5.41) is 5.80. The van der Waals surface area contributed by atoms with Crippen molar-refractivity contribution in [3.8, 4) is 0 Å². The summed E-state index contributed by atoms with van der Waals surface area (Å²) in [7, 11) is 2.66. The highest BCUT2D eigenvalue weighted by Gasteiger charge is 2.24. The Hall–Kier alpha value is -3.01. The Morgan fingerprint density at radius 2 is 1.75 bits per heavy atom. The van der Waals surface area contributed by atoms with Crippen molar-refractivity contribution in [2.45, 2.75) is 44.2 Å². The topological polar surface area (TPSA) is 126 Å². The molecule has 0 aromatic heterocycles. The lowest BCUT2D eigenvalue weighted by Gasteiger charge is -2.28. The summed E-state index contributed by atoms with van der Waals surface area (Å²) in [6, 6.07) is 5.56. The first kappa shape index (κ1) is 23.6. The van der Waals surface area contributed by atoms with Gasteiger partial charge in [0.15, 0.2) is 0 Å². The van der Waals surface area contributed by atoms with E-state index in [1.165, 1.54) is 14.2 Å². The Balaban J connectivity index is 1.76. The minimum Gasteiger partial charge on any atom is -0.453 e. The normalized spacial score (nSPS) is 21.3. The van der Waals surface area contributed by atoms with Gasteiger partial charge in [-0.25, -0.2) is 9.59 Å². The lowest BCUT2D eigenvalue weighted by atomic mass is 9.91. The third-order valence-corrected chi connectivity index (χ3v) is 6.06. The van der Waals surface area contributed by atoms with Crippen LogP contribution in [0.3, 0.4) is 0 Å². The van der Waals surface area contributed by atoms with E-state index in [1.54, 1.807) is 17.0 Å². The van der Waals surface area contributed by atoms with Crippen molar-refractivity contribution in [3.05, 3.63) is 23.8 Å². The predicted molar refractivity (Wildman–Crippen MR) is 121 cm³/mol. The fourth-order valence-corrected chi connectivity index (χ4v) is 4.22. The average Bonchev–Trinajstić information content (AvgIpc) is 3.06. The van der Waals surface area contributed by atoms with Crippen molar-refractivity contribution < 1.29 is 23.9 Å². The van der Waals surface area contributed by atoms with Gasteiger partial charge in [0.1, 0.15) is 0 Å². The number of hydrogen-bond donors (Lipinski definition) is 3. The monoisotopic (exact) mass is 447 g/mol. The van der Waals surface area contributed by atoms with Gasteiger partial charge in [-0.2, -0.15) is 0 Å². The molecule has 1 saturated carbocycles. The molecule has 176 valence electrons. The number of carbonyl (C=O) groups excluding carboxylic acids is 3. The molecule has 4 N–H and O–H groups in total. The molecule has 1 aliphatic heterocycles. The molecule has 2 aliphatic rings. The van der Waals surface area contributed by atoms with Crippen molar-refractivity contribution in [1.29, 1.82) is 0 Å². The number of carbonyl (C=O) groups is 3. The smallest absolute Gasteiger partial charge is 0.411 e. The zero-order valence-electron chi connectivity index (χ0n) is 18.8. The molecule has 0 unspecified atom stereocenters. The molecule has 0 atom stereocenters. The standard InChI is InChI=1S/C22H33N5O5/c1-31-21(29)25-18-14-15(20(28)24-17-7-5-16(23)6-8-17)4-9-19(18)26-10-3-11-27(13-12-26)22(30)32-2/h4,9,14,16-17H,3,5-8,10-13,23H2,1-2H3,(H,24,28)(H,25,29). The van der Waals surface area contributed by atoms with E-state index in [0.29, 0.717) is 37.4 Å². The Labute approximate surface area is 188 Å². The van der Waals surface area contributed by atoms with Gasteiger partial charge in [0, 0.05) is 43.8 Å². The zero-order valence-corrected chi connectivity index (χ0v) is 18.8. The van der Waals surface area contributed by atoms with Crippen molar-refractivity contribution >= 4 is 29.5 Å². The van der Waals surface area contributed by atoms with E-state index < -0.39 is 6.09 Å². The number of benzene rings is 1. The lowest BCUT2D eigenvalue weighted by Crippen LogP contribution is -2.40. The fourth-order valence-electron chi connectivity index (χ4n) is 4.22. The van der Waals surface area contributed by atoms with Crippen LogP contribution in [0.1, 0.15) is 42.5 Å². The maximum Gasteiger partial charge on any atom is 0.411 e. The minimum absolute atomic E-state index is 0.105. The van der Waals surface area contributed by atoms with Crippen LogP contribution in [-0.2, 0) is 9.47 Å². The molecular formula is C22H33N5O5. The number of ether oxygens (including phenoxy) is 2. The number of nitrogens with zero attached hydrogens (tertiary/aromatic N) is 2. The average molecular weight is 448 g/mol. The van der Waals surface area contributed by atoms with Crippen LogP contribution in [0.5, 0.6) is 0 Å². The highest BCUT2D eigenvalue weighted by molar-refractivity contribution is 5.98. The molecule has 1 saturated heterocycles. The number of nitrogens with two attached hydrogens (primary N) is 1. The second kappa shape index (κ2) is 11.0. The fraction of sp³-hybridized carbons (Fsp3) is 0.591. The quantitative estimate of drug-likeness (QED) is 0.645. The van der Waals surface area contributed by atoms with Gasteiger partial charge in [-0.1, -0.05) is 0 Å². The predicted octanol–water partition coefficient (Wildman–Crippen LogP) is 2.14. The third kappa shape index (κ3) is 6.03. The molecule has 1 heterocycles. The first-order chi connectivity index (χ1) is 15.4. The van der Waals surface area contributed by atoms with E-state index in [9.17, 15) is 14.4 Å². The van der Waals surface area contributed by atoms with E-state index in [-0.39, 0.29) is 24.1 Å². The summed E-state index contributed by atoms with van der Waals surface area (Å²) in [5.74, 6) is -0.183. The molecule has 1 aromatic rings. The maximum absolute atomic E-state index is 12.8. The molecule has 32 heavy (non-hydrogen) atoms. The van der Waals surface area contributed by atoms with Crippen LogP contribution in [0.15, 0.2) is 18.2 Å². The van der Waals surface area contributed by atoms with Crippen LogP contribution in [0, 0.1) is 0 Å². The maximum atomic E-state index is 12.8. The van der Waals surface area contributed by atoms with Crippen LogP contribution < -0.4 is 21.3 Å². The van der Waals surface area contributed by atoms with Gasteiger partial charge < -0.3 is 30.3 Å². The molecule has 1 aliphatic carbocycles. The van der Waals surface area contributed by atoms with Crippen molar-refractivity contribution in [2.75, 3.05) is 50.6 Å². The first-order valence-electron chi connectivity index (χ1n) is 11.0. The van der Waals surface area contributed by atoms with Crippen LogP contribution in [0.2, 0.25) is 0 Å². The molecule has 1 aromatic carbocycles. The second-order valence-electron chi connectivity index (χ2n) is 8.23. The number of anilines is 2. The molecule has 0 bridgehead atoms. The molecule has 10 nitrogen and oxygen atoms in total. The minimum atomic E-state index is -0.615. The molecule has 2 fully saturated rings. The molecule has 3 rings (SSSR count). The van der Waals surface area contributed by atoms with Crippen molar-refractivity contribution in [2.24, 2.45) is 5.73 Å². The second-order valence-corrected chi connectivity index (χ2v) is 8.23. The molecule has 0 radical (unpaired) electrons. The first-order valence-corrected chi connectivity index (χ1v) is 11.0. The number of nitrogens with one attached hydrogen (secondary N) is 2. The van der Waals surface area contributed by atoms with Gasteiger partial charge in [-0.05, 0) is 50.3 Å². The van der Waals surface area contributed by atoms with Gasteiger partial charge in [0.05, 0.1) is 25.6 Å². The van der Waals surface area contributed by atoms with Gasteiger partial charge in [0.25, 0.3) is 5.91 Å². The van der Waals surface area contributed by atoms with Crippen molar-refractivity contribution in [3.63, 3.8) is 0 Å². The van der Waals surface area contributed by atoms with Crippen molar-refractivity contribution in [1.82, 2.24) is 10.2 Å². The van der Waals surface area contributed by atoms with E-state index in [2.05, 4.69) is 15.5 Å². The number of amides is 3. The summed E-state index contributed by atoms with van der Waals surface area (Å²) in [6.45, 7) is 2.35. The zero-order chi connectivity index (χ0) is 23.1. The highest BCUT2D eigenvalue weighted by atomic mass is 16.5. The Morgan fingerprint density at radius 1 is 1.00 bits per heavy atom. The molecule has 0 spiro atoms. The van der Waals surface area contributed by atoms with Crippen LogP contribution in [0.25, 0.3) is 0 Å². The van der Waals surface area contributed by atoms with Crippen LogP contribution in [-0.4, -0.2) is 75.5 Å². The number of rotatable bonds is 4. The third-order valence-electron chi connectivity index (χ3n) is 6.06.